The van der Waals surface area contributed by atoms with E-state index in [4.69, 9.17) is 4.74 Å². The predicted octanol–water partition coefficient (Wildman–Crippen LogP) is 3.76. The second-order valence-corrected chi connectivity index (χ2v) is 8.10. The van der Waals surface area contributed by atoms with Crippen LogP contribution in [-0.4, -0.2) is 38.2 Å². The van der Waals surface area contributed by atoms with Gasteiger partial charge < -0.3 is 20.7 Å². The number of unbranched alkanes of at least 4 members (excludes halogenated alkanes) is 1. The van der Waals surface area contributed by atoms with Crippen LogP contribution in [0.15, 0.2) is 54.6 Å². The van der Waals surface area contributed by atoms with Crippen LogP contribution in [0.3, 0.4) is 0 Å². The lowest BCUT2D eigenvalue weighted by Gasteiger charge is -2.38. The zero-order chi connectivity index (χ0) is 21.9. The first-order valence-corrected chi connectivity index (χ1v) is 11.1. The first-order chi connectivity index (χ1) is 15.1. The van der Waals surface area contributed by atoms with Crippen LogP contribution in [0.25, 0.3) is 0 Å². The summed E-state index contributed by atoms with van der Waals surface area (Å²) in [5.41, 5.74) is 2.73. The standard InChI is InChI=1S/C25H33N3O3/c1-2-3-15-26-23(29)21-11-9-20(10-12-21)18-27-24(30)28-19-25(13-16-31-17-14-25)22-7-5-4-6-8-22/h4-12H,2-3,13-19H2,1H3,(H,26,29)(H2,27,28,30). The molecule has 0 unspecified atom stereocenters. The van der Waals surface area contributed by atoms with Crippen molar-refractivity contribution in [2.24, 2.45) is 0 Å². The normalized spacial score (nSPS) is 15.1. The van der Waals surface area contributed by atoms with E-state index in [1.54, 1.807) is 12.1 Å². The third kappa shape index (κ3) is 6.56. The second-order valence-electron chi connectivity index (χ2n) is 8.10. The van der Waals surface area contributed by atoms with E-state index < -0.39 is 0 Å². The number of urea groups is 1. The van der Waals surface area contributed by atoms with Crippen LogP contribution < -0.4 is 16.0 Å². The van der Waals surface area contributed by atoms with E-state index in [1.807, 2.05) is 30.3 Å². The fraction of sp³-hybridized carbons (Fsp3) is 0.440. The maximum absolute atomic E-state index is 12.4. The third-order valence-electron chi connectivity index (χ3n) is 5.91. The average Bonchev–Trinajstić information content (AvgIpc) is 2.83. The lowest BCUT2D eigenvalue weighted by Crippen LogP contribution is -2.47. The van der Waals surface area contributed by atoms with Crippen LogP contribution in [0.1, 0.15) is 54.1 Å². The zero-order valence-corrected chi connectivity index (χ0v) is 18.3. The highest BCUT2D eigenvalue weighted by molar-refractivity contribution is 5.94. The van der Waals surface area contributed by atoms with E-state index in [2.05, 4.69) is 35.0 Å². The Bertz CT molecular complexity index is 831. The molecule has 2 aromatic carbocycles. The number of carbonyl (C=O) groups excluding carboxylic acids is 2. The van der Waals surface area contributed by atoms with Gasteiger partial charge in [0.15, 0.2) is 0 Å². The molecule has 0 bridgehead atoms. The summed E-state index contributed by atoms with van der Waals surface area (Å²) in [7, 11) is 0. The topological polar surface area (TPSA) is 79.5 Å². The minimum Gasteiger partial charge on any atom is -0.381 e. The molecule has 1 fully saturated rings. The van der Waals surface area contributed by atoms with Gasteiger partial charge >= 0.3 is 6.03 Å². The number of ether oxygens (including phenoxy) is 1. The molecule has 3 rings (SSSR count). The van der Waals surface area contributed by atoms with Gasteiger partial charge in [-0.3, -0.25) is 4.79 Å². The number of carbonyl (C=O) groups is 2. The van der Waals surface area contributed by atoms with Crippen LogP contribution in [0, 0.1) is 0 Å². The van der Waals surface area contributed by atoms with Crippen LogP contribution in [0.2, 0.25) is 0 Å². The van der Waals surface area contributed by atoms with Gasteiger partial charge in [-0.25, -0.2) is 4.79 Å². The minimum atomic E-state index is -0.191. The lowest BCUT2D eigenvalue weighted by atomic mass is 9.74. The highest BCUT2D eigenvalue weighted by Gasteiger charge is 2.34. The Morgan fingerprint density at radius 1 is 0.935 bits per heavy atom. The van der Waals surface area contributed by atoms with E-state index in [-0.39, 0.29) is 17.4 Å². The lowest BCUT2D eigenvalue weighted by molar-refractivity contribution is 0.0507. The van der Waals surface area contributed by atoms with Gasteiger partial charge in [0.1, 0.15) is 0 Å². The molecule has 0 radical (unpaired) electrons. The van der Waals surface area contributed by atoms with E-state index >= 15 is 0 Å². The van der Waals surface area contributed by atoms with E-state index in [0.717, 1.165) is 31.2 Å². The van der Waals surface area contributed by atoms with Crippen molar-refractivity contribution < 1.29 is 14.3 Å². The summed E-state index contributed by atoms with van der Waals surface area (Å²) in [5.74, 6) is -0.0617. The Morgan fingerprint density at radius 2 is 1.65 bits per heavy atom. The number of hydrogen-bond donors (Lipinski definition) is 3. The number of benzene rings is 2. The first-order valence-electron chi connectivity index (χ1n) is 11.1. The van der Waals surface area contributed by atoms with E-state index in [1.165, 1.54) is 5.56 Å². The van der Waals surface area contributed by atoms with Crippen molar-refractivity contribution in [3.05, 3.63) is 71.3 Å². The molecule has 31 heavy (non-hydrogen) atoms. The van der Waals surface area contributed by atoms with Gasteiger partial charge in [0, 0.05) is 43.8 Å². The molecule has 3 N–H and O–H groups in total. The van der Waals surface area contributed by atoms with Crippen LogP contribution in [-0.2, 0) is 16.7 Å². The summed E-state index contributed by atoms with van der Waals surface area (Å²) in [5, 5.41) is 8.87. The summed E-state index contributed by atoms with van der Waals surface area (Å²) >= 11 is 0. The van der Waals surface area contributed by atoms with Crippen molar-refractivity contribution in [1.29, 1.82) is 0 Å². The molecule has 6 nitrogen and oxygen atoms in total. The van der Waals surface area contributed by atoms with Gasteiger partial charge in [0.05, 0.1) is 0 Å². The Morgan fingerprint density at radius 3 is 2.32 bits per heavy atom. The van der Waals surface area contributed by atoms with E-state index in [9.17, 15) is 9.59 Å². The Balaban J connectivity index is 1.49. The Labute approximate surface area is 184 Å². The molecule has 0 spiro atoms. The molecule has 0 saturated carbocycles. The largest absolute Gasteiger partial charge is 0.381 e. The van der Waals surface area contributed by atoms with Crippen molar-refractivity contribution in [3.8, 4) is 0 Å². The summed E-state index contributed by atoms with van der Waals surface area (Å²) < 4.78 is 5.56. The minimum absolute atomic E-state index is 0.0617. The molecule has 0 aromatic heterocycles. The predicted molar refractivity (Wildman–Crippen MR) is 122 cm³/mol. The molecular formula is C25H33N3O3. The van der Waals surface area contributed by atoms with Crippen molar-refractivity contribution in [1.82, 2.24) is 16.0 Å². The van der Waals surface area contributed by atoms with E-state index in [0.29, 0.717) is 38.4 Å². The van der Waals surface area contributed by atoms with Gasteiger partial charge in [-0.15, -0.1) is 0 Å². The number of nitrogens with one attached hydrogen (secondary N) is 3. The summed E-state index contributed by atoms with van der Waals surface area (Å²) in [6.45, 7) is 5.17. The fourth-order valence-electron chi connectivity index (χ4n) is 3.87. The Kier molecular flexibility index (Phi) is 8.47. The average molecular weight is 424 g/mol. The molecule has 1 aliphatic rings. The third-order valence-corrected chi connectivity index (χ3v) is 5.91. The Hall–Kier alpha value is -2.86. The number of rotatable bonds is 9. The molecule has 0 aliphatic carbocycles. The number of hydrogen-bond acceptors (Lipinski definition) is 3. The molecule has 0 atom stereocenters. The smallest absolute Gasteiger partial charge is 0.315 e. The van der Waals surface area contributed by atoms with Gasteiger partial charge in [-0.05, 0) is 42.5 Å². The highest BCUT2D eigenvalue weighted by atomic mass is 16.5. The van der Waals surface area contributed by atoms with Crippen LogP contribution in [0.5, 0.6) is 0 Å². The van der Waals surface area contributed by atoms with Gasteiger partial charge in [0.2, 0.25) is 0 Å². The second kappa shape index (κ2) is 11.5. The molecule has 1 saturated heterocycles. The van der Waals surface area contributed by atoms with Gasteiger partial charge in [-0.2, -0.15) is 0 Å². The van der Waals surface area contributed by atoms with Gasteiger partial charge in [0.25, 0.3) is 5.91 Å². The first kappa shape index (κ1) is 22.8. The SMILES string of the molecule is CCCCNC(=O)c1ccc(CNC(=O)NCC2(c3ccccc3)CCOCC2)cc1. The summed E-state index contributed by atoms with van der Waals surface area (Å²) in [4.78, 5) is 24.5. The molecule has 3 amide bonds. The van der Waals surface area contributed by atoms with Crippen LogP contribution >= 0.6 is 0 Å². The van der Waals surface area contributed by atoms with Crippen LogP contribution in [0.4, 0.5) is 4.79 Å². The fourth-order valence-corrected chi connectivity index (χ4v) is 3.87. The zero-order valence-electron chi connectivity index (χ0n) is 18.3. The highest BCUT2D eigenvalue weighted by Crippen LogP contribution is 2.34. The molecule has 1 heterocycles. The van der Waals surface area contributed by atoms with Crippen molar-refractivity contribution in [3.63, 3.8) is 0 Å². The maximum atomic E-state index is 12.4. The van der Waals surface area contributed by atoms with Crippen molar-refractivity contribution >= 4 is 11.9 Å². The summed E-state index contributed by atoms with van der Waals surface area (Å²) in [6.07, 6.45) is 3.80. The number of amides is 3. The van der Waals surface area contributed by atoms with Gasteiger partial charge in [-0.1, -0.05) is 55.8 Å². The molecular weight excluding hydrogens is 390 g/mol. The monoisotopic (exact) mass is 423 g/mol. The maximum Gasteiger partial charge on any atom is 0.315 e. The molecule has 2 aromatic rings. The summed E-state index contributed by atoms with van der Waals surface area (Å²) in [6, 6.07) is 17.5. The van der Waals surface area contributed by atoms with Crippen molar-refractivity contribution in [2.75, 3.05) is 26.3 Å². The molecule has 166 valence electrons. The quantitative estimate of drug-likeness (QED) is 0.537. The van der Waals surface area contributed by atoms with Crippen molar-refractivity contribution in [2.45, 2.75) is 44.6 Å². The molecule has 1 aliphatic heterocycles. The molecule has 6 heteroatoms.